The second-order valence-corrected chi connectivity index (χ2v) is 7.79. The van der Waals surface area contributed by atoms with Crippen LogP contribution in [0.15, 0.2) is 54.6 Å². The summed E-state index contributed by atoms with van der Waals surface area (Å²) in [7, 11) is 2.43. The summed E-state index contributed by atoms with van der Waals surface area (Å²) in [5, 5.41) is 0.527. The van der Waals surface area contributed by atoms with Crippen LogP contribution in [0.2, 0.25) is 0 Å². The van der Waals surface area contributed by atoms with E-state index in [1.807, 2.05) is 6.07 Å². The monoisotopic (exact) mass is 456 g/mol. The molecule has 3 aromatic rings. The van der Waals surface area contributed by atoms with Crippen LogP contribution >= 0.6 is 0 Å². The number of rotatable bonds is 4. The Hall–Kier alpha value is -3.75. The molecular weight excluding hydrogens is 437 g/mol. The zero-order chi connectivity index (χ0) is 23.9. The van der Waals surface area contributed by atoms with Crippen molar-refractivity contribution >= 4 is 28.6 Å². The first-order valence-corrected chi connectivity index (χ1v) is 10.1. The number of pyridine rings is 1. The molecule has 9 heteroatoms. The fraction of sp³-hybridized carbons (Fsp3) is 0.250. The Morgan fingerprint density at radius 1 is 1.06 bits per heavy atom. The number of alkyl halides is 3. The molecule has 1 aliphatic heterocycles. The number of benzene rings is 2. The molecule has 0 saturated carbocycles. The predicted molar refractivity (Wildman–Crippen MR) is 113 cm³/mol. The third-order valence-corrected chi connectivity index (χ3v) is 5.81. The number of likely N-dealkylation sites (tertiary alicyclic amines) is 1. The Labute approximate surface area is 187 Å². The van der Waals surface area contributed by atoms with Gasteiger partial charge in [-0.3, -0.25) is 24.3 Å². The second-order valence-electron chi connectivity index (χ2n) is 7.79. The summed E-state index contributed by atoms with van der Waals surface area (Å²) >= 11 is 0. The van der Waals surface area contributed by atoms with E-state index in [2.05, 4.69) is 9.72 Å². The highest BCUT2D eigenvalue weighted by molar-refractivity contribution is 6.10. The Balaban J connectivity index is 1.99. The van der Waals surface area contributed by atoms with Gasteiger partial charge in [0.05, 0.1) is 42.3 Å². The van der Waals surface area contributed by atoms with E-state index in [0.717, 1.165) is 24.1 Å². The molecule has 2 amide bonds. The number of carbonyl (C=O) groups is 3. The number of amides is 2. The number of carbonyl (C=O) groups excluding carboxylic acids is 3. The van der Waals surface area contributed by atoms with Gasteiger partial charge < -0.3 is 4.74 Å². The van der Waals surface area contributed by atoms with Crippen LogP contribution in [0, 0.1) is 5.92 Å². The highest BCUT2D eigenvalue weighted by Gasteiger charge is 2.49. The van der Waals surface area contributed by atoms with Gasteiger partial charge in [-0.15, -0.1) is 0 Å². The van der Waals surface area contributed by atoms with Crippen LogP contribution in [-0.4, -0.2) is 41.8 Å². The first-order chi connectivity index (χ1) is 15.6. The van der Waals surface area contributed by atoms with Crippen molar-refractivity contribution in [2.75, 3.05) is 14.2 Å². The number of halogens is 3. The average Bonchev–Trinajstić information content (AvgIpc) is 3.01. The fourth-order valence-electron chi connectivity index (χ4n) is 4.10. The minimum absolute atomic E-state index is 0.0223. The third kappa shape index (κ3) is 4.06. The molecule has 4 rings (SSSR count). The van der Waals surface area contributed by atoms with Crippen molar-refractivity contribution in [3.8, 4) is 11.3 Å². The van der Waals surface area contributed by atoms with Crippen molar-refractivity contribution in [3.05, 3.63) is 65.9 Å². The van der Waals surface area contributed by atoms with Gasteiger partial charge in [-0.05, 0) is 23.6 Å². The van der Waals surface area contributed by atoms with Crippen LogP contribution in [0.1, 0.15) is 23.6 Å². The number of esters is 1. The molecule has 0 aliphatic carbocycles. The molecule has 2 heterocycles. The molecule has 0 bridgehead atoms. The van der Waals surface area contributed by atoms with Gasteiger partial charge in [0.15, 0.2) is 0 Å². The summed E-state index contributed by atoms with van der Waals surface area (Å²) in [6.45, 7) is 0. The van der Waals surface area contributed by atoms with Crippen molar-refractivity contribution < 1.29 is 32.3 Å². The van der Waals surface area contributed by atoms with Crippen LogP contribution in [0.5, 0.6) is 0 Å². The molecule has 0 spiro atoms. The lowest BCUT2D eigenvalue weighted by molar-refractivity contribution is -0.145. The van der Waals surface area contributed by atoms with Gasteiger partial charge in [0, 0.05) is 18.0 Å². The molecule has 2 aromatic carbocycles. The summed E-state index contributed by atoms with van der Waals surface area (Å²) in [5.74, 6) is -4.31. The Morgan fingerprint density at radius 2 is 1.76 bits per heavy atom. The van der Waals surface area contributed by atoms with E-state index in [4.69, 9.17) is 0 Å². The zero-order valence-corrected chi connectivity index (χ0v) is 17.7. The van der Waals surface area contributed by atoms with Crippen molar-refractivity contribution in [1.29, 1.82) is 0 Å². The molecule has 170 valence electrons. The number of aromatic nitrogens is 1. The maximum absolute atomic E-state index is 13.5. The summed E-state index contributed by atoms with van der Waals surface area (Å²) in [5.41, 5.74) is 0.244. The number of hydrogen-bond donors (Lipinski definition) is 0. The number of hydrogen-bond acceptors (Lipinski definition) is 5. The second kappa shape index (κ2) is 8.31. The Bertz CT molecular complexity index is 1260. The van der Waals surface area contributed by atoms with E-state index < -0.39 is 47.8 Å². The largest absolute Gasteiger partial charge is 0.469 e. The van der Waals surface area contributed by atoms with E-state index in [-0.39, 0.29) is 11.1 Å². The lowest BCUT2D eigenvalue weighted by Crippen LogP contribution is -2.26. The molecule has 2 unspecified atom stereocenters. The van der Waals surface area contributed by atoms with Crippen molar-refractivity contribution in [2.45, 2.75) is 18.5 Å². The van der Waals surface area contributed by atoms with E-state index in [1.165, 1.54) is 13.1 Å². The van der Waals surface area contributed by atoms with Gasteiger partial charge in [-0.2, -0.15) is 13.2 Å². The number of methoxy groups -OCH3 is 1. The first-order valence-electron chi connectivity index (χ1n) is 10.1. The quantitative estimate of drug-likeness (QED) is 0.435. The summed E-state index contributed by atoms with van der Waals surface area (Å²) in [4.78, 5) is 43.2. The number of likely N-dealkylation sites (N-methyl/N-ethyl adjacent to an activating group) is 1. The molecule has 1 fully saturated rings. The summed E-state index contributed by atoms with van der Waals surface area (Å²) in [6, 6.07) is 13.8. The van der Waals surface area contributed by atoms with Crippen molar-refractivity contribution in [2.24, 2.45) is 5.92 Å². The van der Waals surface area contributed by atoms with Crippen molar-refractivity contribution in [3.63, 3.8) is 0 Å². The predicted octanol–water partition coefficient (Wildman–Crippen LogP) is 4.18. The zero-order valence-electron chi connectivity index (χ0n) is 17.7. The topological polar surface area (TPSA) is 76.6 Å². The molecule has 0 N–H and O–H groups in total. The van der Waals surface area contributed by atoms with E-state index in [1.54, 1.807) is 30.3 Å². The van der Waals surface area contributed by atoms with Crippen LogP contribution in [-0.2, 0) is 25.3 Å². The lowest BCUT2D eigenvalue weighted by atomic mass is 9.86. The van der Waals surface area contributed by atoms with Gasteiger partial charge in [0.2, 0.25) is 11.8 Å². The maximum Gasteiger partial charge on any atom is 0.416 e. The van der Waals surface area contributed by atoms with E-state index in [0.29, 0.717) is 16.6 Å². The lowest BCUT2D eigenvalue weighted by Gasteiger charge is -2.18. The van der Waals surface area contributed by atoms with Gasteiger partial charge in [-0.25, -0.2) is 0 Å². The third-order valence-electron chi connectivity index (χ3n) is 5.81. The highest BCUT2D eigenvalue weighted by Crippen LogP contribution is 2.41. The highest BCUT2D eigenvalue weighted by atomic mass is 19.4. The first kappa shape index (κ1) is 22.4. The standard InChI is InChI=1S/C24H19F3N2O4/c1-29-22(31)17(12-19(30)33-2)20(23(29)32)21-16-11-15(24(25,26)27)9-8-14(16)10-18(28-21)13-6-4-3-5-7-13/h3-11,17,20H,12H2,1-2H3. The number of fused-ring (bicyclic) bond motifs is 1. The molecule has 0 radical (unpaired) electrons. The van der Waals surface area contributed by atoms with Crippen LogP contribution in [0.3, 0.4) is 0 Å². The number of nitrogens with zero attached hydrogens (tertiary/aromatic N) is 2. The van der Waals surface area contributed by atoms with Crippen LogP contribution in [0.25, 0.3) is 22.0 Å². The molecule has 2 atom stereocenters. The SMILES string of the molecule is COC(=O)CC1C(=O)N(C)C(=O)C1c1nc(-c2ccccc2)cc2ccc(C(F)(F)F)cc12. The molecular formula is C24H19F3N2O4. The van der Waals surface area contributed by atoms with Crippen LogP contribution < -0.4 is 0 Å². The minimum atomic E-state index is -4.61. The van der Waals surface area contributed by atoms with Crippen molar-refractivity contribution in [1.82, 2.24) is 9.88 Å². The maximum atomic E-state index is 13.5. The van der Waals surface area contributed by atoms with Gasteiger partial charge >= 0.3 is 12.1 Å². The normalized spacial score (nSPS) is 18.8. The molecule has 1 saturated heterocycles. The Morgan fingerprint density at radius 3 is 2.39 bits per heavy atom. The average molecular weight is 456 g/mol. The smallest absolute Gasteiger partial charge is 0.416 e. The Kier molecular flexibility index (Phi) is 5.65. The van der Waals surface area contributed by atoms with E-state index >= 15 is 0 Å². The summed E-state index contributed by atoms with van der Waals surface area (Å²) in [6.07, 6.45) is -5.00. The van der Waals surface area contributed by atoms with Gasteiger partial charge in [0.1, 0.15) is 0 Å². The minimum Gasteiger partial charge on any atom is -0.469 e. The van der Waals surface area contributed by atoms with Crippen LogP contribution in [0.4, 0.5) is 13.2 Å². The number of imide groups is 1. The van der Waals surface area contributed by atoms with Gasteiger partial charge in [0.25, 0.3) is 0 Å². The molecule has 1 aromatic heterocycles. The van der Waals surface area contributed by atoms with Gasteiger partial charge in [-0.1, -0.05) is 36.4 Å². The van der Waals surface area contributed by atoms with E-state index in [9.17, 15) is 27.6 Å². The molecule has 1 aliphatic rings. The summed E-state index contributed by atoms with van der Waals surface area (Å²) < 4.78 is 45.0. The molecule has 6 nitrogen and oxygen atoms in total. The molecule has 33 heavy (non-hydrogen) atoms. The number of ether oxygens (including phenoxy) is 1. The fourth-order valence-corrected chi connectivity index (χ4v) is 4.10.